The maximum absolute atomic E-state index is 11.5. The summed E-state index contributed by atoms with van der Waals surface area (Å²) in [5, 5.41) is 8.60. The maximum Gasteiger partial charge on any atom is 0.150 e. The molecule has 186 valence electrons. The van der Waals surface area contributed by atoms with Crippen molar-refractivity contribution in [1.82, 2.24) is 4.90 Å². The first-order valence-electron chi connectivity index (χ1n) is 13.4. The summed E-state index contributed by atoms with van der Waals surface area (Å²) in [4.78, 5) is 16.6. The van der Waals surface area contributed by atoms with Crippen LogP contribution in [0.3, 0.4) is 0 Å². The Hall–Kier alpha value is -2.84. The van der Waals surface area contributed by atoms with Crippen molar-refractivity contribution >= 4 is 11.5 Å². The summed E-state index contributed by atoms with van der Waals surface area (Å²) in [5.41, 5.74) is 1.18. The van der Waals surface area contributed by atoms with Crippen LogP contribution in [0, 0.1) is 23.2 Å². The first-order chi connectivity index (χ1) is 17.2. The van der Waals surface area contributed by atoms with Crippen molar-refractivity contribution < 1.29 is 9.53 Å². The summed E-state index contributed by atoms with van der Waals surface area (Å²) in [6.07, 6.45) is 9.37. The Labute approximate surface area is 210 Å². The van der Waals surface area contributed by atoms with Crippen LogP contribution in [0.1, 0.15) is 57.8 Å². The normalized spacial score (nSPS) is 20.8. The van der Waals surface area contributed by atoms with E-state index in [0.717, 1.165) is 62.4 Å². The molecule has 0 unspecified atom stereocenters. The number of hydrogen-bond acceptors (Lipinski definition) is 5. The molecule has 0 N–H and O–H groups in total. The van der Waals surface area contributed by atoms with Crippen LogP contribution in [-0.4, -0.2) is 43.4 Å². The van der Waals surface area contributed by atoms with E-state index < -0.39 is 0 Å². The van der Waals surface area contributed by atoms with E-state index in [1.807, 2.05) is 42.5 Å². The zero-order chi connectivity index (χ0) is 24.3. The van der Waals surface area contributed by atoms with Gasteiger partial charge >= 0.3 is 0 Å². The zero-order valence-electron chi connectivity index (χ0n) is 20.9. The lowest BCUT2D eigenvalue weighted by molar-refractivity contribution is -0.118. The molecule has 0 radical (unpaired) electrons. The Kier molecular flexibility index (Phi) is 9.60. The number of Topliss-reactive ketones (excluding diaryl/α,β-unsaturated/α-hetero) is 1. The van der Waals surface area contributed by atoms with E-state index in [2.05, 4.69) is 28.0 Å². The Balaban J connectivity index is 1.15. The molecule has 4 rings (SSSR count). The molecule has 0 bridgehead atoms. The molecule has 5 nitrogen and oxygen atoms in total. The Bertz CT molecular complexity index is 955. The smallest absolute Gasteiger partial charge is 0.150 e. The number of piperazine rings is 1. The standard InChI is InChI=1S/C30H39N3O2/c31-19-17-27(34)8-6-7-25-13-15-26(16-14-25)18-20-32-21-23-33(24-22-32)29-11-4-5-12-30(29)35-28-9-2-1-3-10-28/h1-5,9-12,25-26H,6-8,13-18,20-24H2. The predicted octanol–water partition coefficient (Wildman–Crippen LogP) is 6.45. The van der Waals surface area contributed by atoms with Crippen LogP contribution in [-0.2, 0) is 4.79 Å². The number of hydrogen-bond donors (Lipinski definition) is 0. The molecular formula is C30H39N3O2. The first-order valence-corrected chi connectivity index (χ1v) is 13.4. The van der Waals surface area contributed by atoms with Crippen LogP contribution in [0.4, 0.5) is 5.69 Å². The monoisotopic (exact) mass is 473 g/mol. The fraction of sp³-hybridized carbons (Fsp3) is 0.533. The molecule has 1 aliphatic carbocycles. The molecule has 1 saturated heterocycles. The molecule has 1 heterocycles. The third-order valence-corrected chi connectivity index (χ3v) is 7.71. The number of nitrogens with zero attached hydrogens (tertiary/aromatic N) is 3. The molecule has 2 aromatic rings. The zero-order valence-corrected chi connectivity index (χ0v) is 20.9. The molecule has 1 saturated carbocycles. The number of ether oxygens (including phenoxy) is 1. The van der Waals surface area contributed by atoms with Gasteiger partial charge in [0.2, 0.25) is 0 Å². The van der Waals surface area contributed by atoms with Gasteiger partial charge in [-0.2, -0.15) is 5.26 Å². The van der Waals surface area contributed by atoms with Crippen LogP contribution >= 0.6 is 0 Å². The third-order valence-electron chi connectivity index (χ3n) is 7.71. The quantitative estimate of drug-likeness (QED) is 0.375. The van der Waals surface area contributed by atoms with E-state index in [1.165, 1.54) is 44.3 Å². The van der Waals surface area contributed by atoms with Gasteiger partial charge in [0.25, 0.3) is 0 Å². The average Bonchev–Trinajstić information content (AvgIpc) is 2.90. The number of benzene rings is 2. The Morgan fingerprint density at radius 1 is 0.886 bits per heavy atom. The molecular weight excluding hydrogens is 434 g/mol. The average molecular weight is 474 g/mol. The molecule has 2 fully saturated rings. The molecule has 2 aromatic carbocycles. The fourth-order valence-electron chi connectivity index (χ4n) is 5.57. The van der Waals surface area contributed by atoms with Crippen molar-refractivity contribution in [1.29, 1.82) is 5.26 Å². The highest BCUT2D eigenvalue weighted by Gasteiger charge is 2.24. The van der Waals surface area contributed by atoms with Gasteiger partial charge in [0.1, 0.15) is 11.5 Å². The summed E-state index contributed by atoms with van der Waals surface area (Å²) in [6.45, 7) is 5.48. The first kappa shape index (κ1) is 25.3. The van der Waals surface area contributed by atoms with Crippen molar-refractivity contribution in [3.63, 3.8) is 0 Å². The number of carbonyl (C=O) groups excluding carboxylic acids is 1. The van der Waals surface area contributed by atoms with Gasteiger partial charge in [0.15, 0.2) is 5.75 Å². The van der Waals surface area contributed by atoms with E-state index >= 15 is 0 Å². The lowest BCUT2D eigenvalue weighted by atomic mass is 9.78. The lowest BCUT2D eigenvalue weighted by Gasteiger charge is -2.37. The van der Waals surface area contributed by atoms with Crippen LogP contribution in [0.15, 0.2) is 54.6 Å². The second-order valence-corrected chi connectivity index (χ2v) is 10.2. The van der Waals surface area contributed by atoms with Gasteiger partial charge in [0, 0.05) is 32.6 Å². The Morgan fingerprint density at radius 2 is 1.54 bits per heavy atom. The number of anilines is 1. The van der Waals surface area contributed by atoms with Crippen molar-refractivity contribution in [2.24, 2.45) is 11.8 Å². The van der Waals surface area contributed by atoms with Crippen LogP contribution in [0.25, 0.3) is 0 Å². The lowest BCUT2D eigenvalue weighted by Crippen LogP contribution is -2.47. The summed E-state index contributed by atoms with van der Waals surface area (Å²) >= 11 is 0. The second-order valence-electron chi connectivity index (χ2n) is 10.2. The van der Waals surface area contributed by atoms with Crippen molar-refractivity contribution in [2.45, 2.75) is 57.8 Å². The predicted molar refractivity (Wildman–Crippen MR) is 141 cm³/mol. The van der Waals surface area contributed by atoms with Crippen LogP contribution in [0.2, 0.25) is 0 Å². The van der Waals surface area contributed by atoms with Crippen LogP contribution < -0.4 is 9.64 Å². The highest BCUT2D eigenvalue weighted by molar-refractivity contribution is 5.80. The second kappa shape index (κ2) is 13.3. The number of carbonyl (C=O) groups is 1. The van der Waals surface area contributed by atoms with Crippen molar-refractivity contribution in [3.8, 4) is 17.6 Å². The highest BCUT2D eigenvalue weighted by atomic mass is 16.5. The van der Waals surface area contributed by atoms with E-state index in [9.17, 15) is 4.79 Å². The van der Waals surface area contributed by atoms with Crippen molar-refractivity contribution in [3.05, 3.63) is 54.6 Å². The number of rotatable bonds is 11. The van der Waals surface area contributed by atoms with Gasteiger partial charge in [-0.3, -0.25) is 9.69 Å². The molecule has 0 atom stereocenters. The molecule has 5 heteroatoms. The molecule has 0 amide bonds. The summed E-state index contributed by atoms with van der Waals surface area (Å²) in [7, 11) is 0. The number of nitriles is 1. The van der Waals surface area contributed by atoms with Gasteiger partial charge in [-0.05, 0) is 55.5 Å². The Morgan fingerprint density at radius 3 is 2.26 bits per heavy atom. The van der Waals surface area contributed by atoms with E-state index in [0.29, 0.717) is 6.42 Å². The maximum atomic E-state index is 11.5. The largest absolute Gasteiger partial charge is 0.455 e. The highest BCUT2D eigenvalue weighted by Crippen LogP contribution is 2.35. The topological polar surface area (TPSA) is 56.6 Å². The third kappa shape index (κ3) is 7.83. The number of ketones is 1. The minimum absolute atomic E-state index is 0.0784. The van der Waals surface area contributed by atoms with E-state index in [4.69, 9.17) is 10.00 Å². The fourth-order valence-corrected chi connectivity index (χ4v) is 5.57. The van der Waals surface area contributed by atoms with Gasteiger partial charge in [0.05, 0.1) is 18.2 Å². The molecule has 0 spiro atoms. The molecule has 0 aromatic heterocycles. The minimum atomic E-state index is 0.0784. The van der Waals surface area contributed by atoms with E-state index in [1.54, 1.807) is 0 Å². The van der Waals surface area contributed by atoms with Gasteiger partial charge in [-0.1, -0.05) is 62.4 Å². The molecule has 1 aliphatic heterocycles. The van der Waals surface area contributed by atoms with Gasteiger partial charge in [-0.15, -0.1) is 0 Å². The van der Waals surface area contributed by atoms with Gasteiger partial charge in [-0.25, -0.2) is 0 Å². The molecule has 2 aliphatic rings. The summed E-state index contributed by atoms with van der Waals surface area (Å²) < 4.78 is 6.19. The summed E-state index contributed by atoms with van der Waals surface area (Å²) in [6, 6.07) is 20.4. The summed E-state index contributed by atoms with van der Waals surface area (Å²) in [5.74, 6) is 3.54. The SMILES string of the molecule is N#CCC(=O)CCCC1CCC(CCN2CCN(c3ccccc3Oc3ccccc3)CC2)CC1. The van der Waals surface area contributed by atoms with Gasteiger partial charge < -0.3 is 9.64 Å². The van der Waals surface area contributed by atoms with Crippen LogP contribution in [0.5, 0.6) is 11.5 Å². The molecule has 35 heavy (non-hydrogen) atoms. The van der Waals surface area contributed by atoms with Crippen molar-refractivity contribution in [2.75, 3.05) is 37.6 Å². The van der Waals surface area contributed by atoms with E-state index in [-0.39, 0.29) is 12.2 Å². The minimum Gasteiger partial charge on any atom is -0.455 e. The number of para-hydroxylation sites is 3.